The van der Waals surface area contributed by atoms with Crippen molar-refractivity contribution in [2.75, 3.05) is 13.2 Å². The van der Waals surface area contributed by atoms with Gasteiger partial charge in [-0.05, 0) is 51.4 Å². The zero-order valence-corrected chi connectivity index (χ0v) is 27.0. The van der Waals surface area contributed by atoms with Gasteiger partial charge in [-0.3, -0.25) is 9.59 Å². The molecule has 0 radical (unpaired) electrons. The fraction of sp³-hybridized carbons (Fsp3) is 0.889. The van der Waals surface area contributed by atoms with Crippen LogP contribution in [0, 0.1) is 0 Å². The molecule has 0 aromatic heterocycles. The first-order chi connectivity index (χ1) is 19.7. The minimum absolute atomic E-state index is 0.000612. The number of carbonyl (C=O) groups excluding carboxylic acids is 2. The van der Waals surface area contributed by atoms with E-state index in [4.69, 9.17) is 9.47 Å². The molecule has 4 heteroatoms. The van der Waals surface area contributed by atoms with Gasteiger partial charge in [-0.2, -0.15) is 0 Å². The van der Waals surface area contributed by atoms with E-state index in [2.05, 4.69) is 26.0 Å². The SMILES string of the molecule is CCCCCCCCOC(=O)CCCC/C=C/CCCCCCCCCCCCC(=O)OCCCCCCCC. The molecular formula is C36H68O4. The van der Waals surface area contributed by atoms with Crippen LogP contribution in [0.4, 0.5) is 0 Å². The molecule has 4 nitrogen and oxygen atoms in total. The molecule has 0 spiro atoms. The van der Waals surface area contributed by atoms with Crippen LogP contribution < -0.4 is 0 Å². The highest BCUT2D eigenvalue weighted by molar-refractivity contribution is 5.69. The summed E-state index contributed by atoms with van der Waals surface area (Å²) in [6, 6.07) is 0. The molecule has 0 fully saturated rings. The predicted molar refractivity (Wildman–Crippen MR) is 172 cm³/mol. The molecule has 0 aliphatic heterocycles. The third-order valence-electron chi connectivity index (χ3n) is 7.69. The van der Waals surface area contributed by atoms with Crippen molar-refractivity contribution in [2.24, 2.45) is 0 Å². The average molecular weight is 565 g/mol. The third-order valence-corrected chi connectivity index (χ3v) is 7.69. The zero-order valence-electron chi connectivity index (χ0n) is 27.0. The first-order valence-electron chi connectivity index (χ1n) is 17.7. The Bertz CT molecular complexity index is 557. The van der Waals surface area contributed by atoms with Crippen LogP contribution in [0.15, 0.2) is 12.2 Å². The van der Waals surface area contributed by atoms with Crippen LogP contribution in [-0.2, 0) is 19.1 Å². The van der Waals surface area contributed by atoms with Gasteiger partial charge in [0.15, 0.2) is 0 Å². The lowest BCUT2D eigenvalue weighted by atomic mass is 10.0. The maximum absolute atomic E-state index is 11.8. The van der Waals surface area contributed by atoms with Gasteiger partial charge in [0, 0.05) is 12.8 Å². The lowest BCUT2D eigenvalue weighted by Crippen LogP contribution is -2.05. The molecule has 0 aliphatic carbocycles. The summed E-state index contributed by atoms with van der Waals surface area (Å²) in [7, 11) is 0. The van der Waals surface area contributed by atoms with E-state index < -0.39 is 0 Å². The molecule has 0 atom stereocenters. The molecule has 0 saturated carbocycles. The molecule has 0 rings (SSSR count). The smallest absolute Gasteiger partial charge is 0.305 e. The maximum atomic E-state index is 11.8. The summed E-state index contributed by atoms with van der Waals surface area (Å²) in [6.45, 7) is 5.67. The molecule has 0 amide bonds. The lowest BCUT2D eigenvalue weighted by Gasteiger charge is -2.05. The van der Waals surface area contributed by atoms with Crippen molar-refractivity contribution in [3.05, 3.63) is 12.2 Å². The fourth-order valence-corrected chi connectivity index (χ4v) is 4.99. The van der Waals surface area contributed by atoms with Crippen molar-refractivity contribution in [2.45, 2.75) is 194 Å². The maximum Gasteiger partial charge on any atom is 0.305 e. The summed E-state index contributed by atoms with van der Waals surface area (Å²) < 4.78 is 10.7. The molecule has 0 bridgehead atoms. The fourth-order valence-electron chi connectivity index (χ4n) is 4.99. The van der Waals surface area contributed by atoms with E-state index in [0.29, 0.717) is 26.1 Å². The quantitative estimate of drug-likeness (QED) is 0.0463. The molecule has 40 heavy (non-hydrogen) atoms. The number of esters is 2. The van der Waals surface area contributed by atoms with E-state index in [1.54, 1.807) is 0 Å². The number of hydrogen-bond acceptors (Lipinski definition) is 4. The van der Waals surface area contributed by atoms with Gasteiger partial charge in [-0.15, -0.1) is 0 Å². The van der Waals surface area contributed by atoms with E-state index in [9.17, 15) is 9.59 Å². The number of ether oxygens (including phenoxy) is 2. The van der Waals surface area contributed by atoms with Gasteiger partial charge in [0.2, 0.25) is 0 Å². The average Bonchev–Trinajstić information content (AvgIpc) is 2.95. The van der Waals surface area contributed by atoms with Gasteiger partial charge >= 0.3 is 11.9 Å². The molecule has 0 N–H and O–H groups in total. The normalized spacial score (nSPS) is 11.3. The van der Waals surface area contributed by atoms with Gasteiger partial charge in [-0.1, -0.05) is 142 Å². The molecule has 0 aromatic carbocycles. The summed E-state index contributed by atoms with van der Waals surface area (Å²) in [5.41, 5.74) is 0. The summed E-state index contributed by atoms with van der Waals surface area (Å²) >= 11 is 0. The first kappa shape index (κ1) is 38.7. The molecule has 0 aliphatic rings. The van der Waals surface area contributed by atoms with Gasteiger partial charge in [0.25, 0.3) is 0 Å². The summed E-state index contributed by atoms with van der Waals surface area (Å²) in [5, 5.41) is 0. The van der Waals surface area contributed by atoms with Crippen LogP contribution in [0.2, 0.25) is 0 Å². The van der Waals surface area contributed by atoms with Gasteiger partial charge in [0.05, 0.1) is 13.2 Å². The number of unbranched alkanes of at least 4 members (excludes halogenated alkanes) is 22. The highest BCUT2D eigenvalue weighted by Crippen LogP contribution is 2.13. The van der Waals surface area contributed by atoms with Crippen molar-refractivity contribution in [3.63, 3.8) is 0 Å². The highest BCUT2D eigenvalue weighted by atomic mass is 16.5. The van der Waals surface area contributed by atoms with Gasteiger partial charge < -0.3 is 9.47 Å². The first-order valence-corrected chi connectivity index (χ1v) is 17.7. The topological polar surface area (TPSA) is 52.6 Å². The van der Waals surface area contributed by atoms with E-state index in [1.807, 2.05) is 0 Å². The van der Waals surface area contributed by atoms with Crippen LogP contribution >= 0.6 is 0 Å². The van der Waals surface area contributed by atoms with E-state index in [-0.39, 0.29) is 11.9 Å². The standard InChI is InChI=1S/C36H68O4/c1-3-5-7-9-25-29-33-39-35(37)31-27-23-21-19-17-15-13-11-12-14-16-18-20-22-24-28-32-36(38)40-34-30-26-10-8-6-4-2/h17,19H,3-16,18,20-34H2,1-2H3/b19-17+. The summed E-state index contributed by atoms with van der Waals surface area (Å²) in [6.07, 6.45) is 37.4. The summed E-state index contributed by atoms with van der Waals surface area (Å²) in [4.78, 5) is 23.6. The second kappa shape index (κ2) is 33.9. The van der Waals surface area contributed by atoms with Crippen LogP contribution in [0.5, 0.6) is 0 Å². The molecule has 236 valence electrons. The Kier molecular flexibility index (Phi) is 32.8. The van der Waals surface area contributed by atoms with Gasteiger partial charge in [0.1, 0.15) is 0 Å². The van der Waals surface area contributed by atoms with Crippen LogP contribution in [0.1, 0.15) is 194 Å². The number of hydrogen-bond donors (Lipinski definition) is 0. The molecule has 0 aromatic rings. The lowest BCUT2D eigenvalue weighted by molar-refractivity contribution is -0.144. The predicted octanol–water partition coefficient (Wildman–Crippen LogP) is 11.6. The number of allylic oxidation sites excluding steroid dienone is 2. The van der Waals surface area contributed by atoms with E-state index >= 15 is 0 Å². The number of rotatable bonds is 32. The van der Waals surface area contributed by atoms with Gasteiger partial charge in [-0.25, -0.2) is 0 Å². The molecular weight excluding hydrogens is 496 g/mol. The number of carbonyl (C=O) groups is 2. The Labute approximate surface area is 249 Å². The van der Waals surface area contributed by atoms with E-state index in [0.717, 1.165) is 44.9 Å². The highest BCUT2D eigenvalue weighted by Gasteiger charge is 2.03. The van der Waals surface area contributed by atoms with Crippen molar-refractivity contribution < 1.29 is 19.1 Å². The molecule has 0 unspecified atom stereocenters. The minimum atomic E-state index is -0.0199. The Morgan fingerprint density at radius 2 is 0.700 bits per heavy atom. The largest absolute Gasteiger partial charge is 0.466 e. The Balaban J connectivity index is 3.24. The Morgan fingerprint density at radius 3 is 1.12 bits per heavy atom. The van der Waals surface area contributed by atoms with Crippen LogP contribution in [-0.4, -0.2) is 25.2 Å². The summed E-state index contributed by atoms with van der Waals surface area (Å²) in [5.74, 6) is -0.0205. The van der Waals surface area contributed by atoms with Crippen LogP contribution in [0.3, 0.4) is 0 Å². The zero-order chi connectivity index (χ0) is 29.2. The van der Waals surface area contributed by atoms with Crippen LogP contribution in [0.25, 0.3) is 0 Å². The third kappa shape index (κ3) is 32.9. The van der Waals surface area contributed by atoms with Crippen molar-refractivity contribution in [1.29, 1.82) is 0 Å². The second-order valence-corrected chi connectivity index (χ2v) is 11.8. The van der Waals surface area contributed by atoms with Crippen molar-refractivity contribution in [3.8, 4) is 0 Å². The monoisotopic (exact) mass is 565 g/mol. The van der Waals surface area contributed by atoms with Crippen molar-refractivity contribution >= 4 is 11.9 Å². The second-order valence-electron chi connectivity index (χ2n) is 11.8. The molecule has 0 heterocycles. The molecule has 0 saturated heterocycles. The Morgan fingerprint density at radius 1 is 0.400 bits per heavy atom. The Hall–Kier alpha value is -1.32. The van der Waals surface area contributed by atoms with Crippen molar-refractivity contribution in [1.82, 2.24) is 0 Å². The van der Waals surface area contributed by atoms with E-state index in [1.165, 1.54) is 122 Å². The minimum Gasteiger partial charge on any atom is -0.466 e.